The predicted molar refractivity (Wildman–Crippen MR) is 67.8 cm³/mol. The van der Waals surface area contributed by atoms with E-state index in [1.165, 1.54) is 14.2 Å². The Morgan fingerprint density at radius 1 is 1.38 bits per heavy atom. The lowest BCUT2D eigenvalue weighted by Crippen LogP contribution is -2.28. The van der Waals surface area contributed by atoms with E-state index in [2.05, 4.69) is 5.92 Å². The summed E-state index contributed by atoms with van der Waals surface area (Å²) >= 11 is 7.68. The van der Waals surface area contributed by atoms with Gasteiger partial charge in [0.25, 0.3) is 5.79 Å². The average molecular weight is 257 g/mol. The lowest BCUT2D eigenvalue weighted by atomic mass is 10.1. The zero-order valence-electron chi connectivity index (χ0n) is 9.41. The Hall–Kier alpha value is -0.660. The zero-order valence-corrected chi connectivity index (χ0v) is 11.0. The summed E-state index contributed by atoms with van der Waals surface area (Å²) in [6, 6.07) is 5.51. The van der Waals surface area contributed by atoms with Crippen molar-refractivity contribution in [2.75, 3.05) is 20.5 Å². The number of benzene rings is 1. The van der Waals surface area contributed by atoms with Crippen LogP contribution >= 0.6 is 23.4 Å². The standard InChI is InChI=1S/C12H13ClO2S/c1-5-12(14-2,15-3)9-6-7-11(16-4)10(13)8-9/h1,6-8H,2-4H3. The van der Waals surface area contributed by atoms with Gasteiger partial charge in [-0.1, -0.05) is 17.7 Å². The minimum absolute atomic E-state index is 0.638. The van der Waals surface area contributed by atoms with Crippen molar-refractivity contribution in [3.05, 3.63) is 28.8 Å². The predicted octanol–water partition coefficient (Wildman–Crippen LogP) is 3.14. The Kier molecular flexibility index (Phi) is 4.69. The fourth-order valence-corrected chi connectivity index (χ4v) is 2.26. The zero-order chi connectivity index (χ0) is 12.2. The molecule has 0 saturated heterocycles. The highest BCUT2D eigenvalue weighted by Crippen LogP contribution is 2.32. The fraction of sp³-hybridized carbons (Fsp3) is 0.333. The lowest BCUT2D eigenvalue weighted by molar-refractivity contribution is -0.169. The molecule has 0 radical (unpaired) electrons. The summed E-state index contributed by atoms with van der Waals surface area (Å²) in [7, 11) is 3.00. The number of rotatable bonds is 4. The van der Waals surface area contributed by atoms with E-state index in [1.54, 1.807) is 17.8 Å². The minimum atomic E-state index is -1.17. The van der Waals surface area contributed by atoms with Gasteiger partial charge >= 0.3 is 0 Å². The average Bonchev–Trinajstić information content (AvgIpc) is 2.32. The Morgan fingerprint density at radius 3 is 2.38 bits per heavy atom. The number of hydrogen-bond acceptors (Lipinski definition) is 3. The second-order valence-electron chi connectivity index (χ2n) is 3.02. The van der Waals surface area contributed by atoms with Crippen LogP contribution in [0.15, 0.2) is 23.1 Å². The maximum atomic E-state index is 6.11. The van der Waals surface area contributed by atoms with Gasteiger partial charge in [0.05, 0.1) is 5.02 Å². The van der Waals surface area contributed by atoms with E-state index < -0.39 is 5.79 Å². The third-order valence-corrected chi connectivity index (χ3v) is 3.52. The van der Waals surface area contributed by atoms with E-state index in [-0.39, 0.29) is 0 Å². The highest BCUT2D eigenvalue weighted by Gasteiger charge is 2.30. The molecule has 1 aromatic carbocycles. The third kappa shape index (κ3) is 2.36. The van der Waals surface area contributed by atoms with Crippen molar-refractivity contribution in [3.8, 4) is 12.3 Å². The molecule has 0 aliphatic rings. The van der Waals surface area contributed by atoms with Gasteiger partial charge in [0.1, 0.15) is 0 Å². The molecule has 0 atom stereocenters. The van der Waals surface area contributed by atoms with E-state index in [9.17, 15) is 0 Å². The van der Waals surface area contributed by atoms with Crippen LogP contribution < -0.4 is 0 Å². The monoisotopic (exact) mass is 256 g/mol. The molecule has 16 heavy (non-hydrogen) atoms. The second-order valence-corrected chi connectivity index (χ2v) is 4.27. The lowest BCUT2D eigenvalue weighted by Gasteiger charge is -2.25. The van der Waals surface area contributed by atoms with Crippen LogP contribution in [0.3, 0.4) is 0 Å². The first-order chi connectivity index (χ1) is 7.63. The summed E-state index contributed by atoms with van der Waals surface area (Å²) < 4.78 is 10.5. The first-order valence-corrected chi connectivity index (χ1v) is 6.16. The Balaban J connectivity index is 3.23. The fourth-order valence-electron chi connectivity index (χ4n) is 1.39. The van der Waals surface area contributed by atoms with Crippen molar-refractivity contribution in [2.24, 2.45) is 0 Å². The van der Waals surface area contributed by atoms with E-state index in [0.717, 1.165) is 4.90 Å². The molecule has 0 aromatic heterocycles. The van der Waals surface area contributed by atoms with Crippen molar-refractivity contribution >= 4 is 23.4 Å². The van der Waals surface area contributed by atoms with Crippen molar-refractivity contribution in [3.63, 3.8) is 0 Å². The first kappa shape index (κ1) is 13.4. The first-order valence-electron chi connectivity index (χ1n) is 4.55. The quantitative estimate of drug-likeness (QED) is 0.468. The van der Waals surface area contributed by atoms with Crippen LogP contribution in [-0.2, 0) is 15.3 Å². The van der Waals surface area contributed by atoms with Gasteiger partial charge in [0.15, 0.2) is 0 Å². The minimum Gasteiger partial charge on any atom is -0.339 e. The SMILES string of the molecule is C#CC(OC)(OC)c1ccc(SC)c(Cl)c1. The molecular formula is C12H13ClO2S. The molecule has 2 nitrogen and oxygen atoms in total. The molecule has 1 rings (SSSR count). The van der Waals surface area contributed by atoms with E-state index in [4.69, 9.17) is 27.5 Å². The molecule has 0 spiro atoms. The van der Waals surface area contributed by atoms with Crippen molar-refractivity contribution in [1.82, 2.24) is 0 Å². The summed E-state index contributed by atoms with van der Waals surface area (Å²) in [4.78, 5) is 0.989. The molecule has 86 valence electrons. The van der Waals surface area contributed by atoms with Gasteiger partial charge in [-0.15, -0.1) is 18.2 Å². The maximum absolute atomic E-state index is 6.11. The summed E-state index contributed by atoms with van der Waals surface area (Å²) in [6.45, 7) is 0. The highest BCUT2D eigenvalue weighted by molar-refractivity contribution is 7.98. The number of terminal acetylenes is 1. The smallest absolute Gasteiger partial charge is 0.260 e. The summed E-state index contributed by atoms with van der Waals surface area (Å²) in [5.41, 5.74) is 0.711. The maximum Gasteiger partial charge on any atom is 0.260 e. The number of methoxy groups -OCH3 is 2. The van der Waals surface area contributed by atoms with Crippen LogP contribution in [0.25, 0.3) is 0 Å². The number of ether oxygens (including phenoxy) is 2. The van der Waals surface area contributed by atoms with Crippen molar-refractivity contribution < 1.29 is 9.47 Å². The molecule has 0 amide bonds. The van der Waals surface area contributed by atoms with Crippen LogP contribution in [0.5, 0.6) is 0 Å². The van der Waals surface area contributed by atoms with Crippen molar-refractivity contribution in [2.45, 2.75) is 10.7 Å². The molecular weight excluding hydrogens is 244 g/mol. The van der Waals surface area contributed by atoms with Gasteiger partial charge in [-0.05, 0) is 24.3 Å². The normalized spacial score (nSPS) is 11.2. The van der Waals surface area contributed by atoms with E-state index >= 15 is 0 Å². The number of thioether (sulfide) groups is 1. The van der Waals surface area contributed by atoms with Gasteiger partial charge in [-0.25, -0.2) is 0 Å². The molecule has 0 bridgehead atoms. The molecule has 0 saturated carbocycles. The van der Waals surface area contributed by atoms with Gasteiger partial charge in [-0.3, -0.25) is 0 Å². The Bertz CT molecular complexity index is 408. The van der Waals surface area contributed by atoms with Crippen LogP contribution in [-0.4, -0.2) is 20.5 Å². The molecule has 0 unspecified atom stereocenters. The molecule has 0 fully saturated rings. The largest absolute Gasteiger partial charge is 0.339 e. The number of hydrogen-bond donors (Lipinski definition) is 0. The molecule has 1 aromatic rings. The van der Waals surface area contributed by atoms with Crippen LogP contribution in [0.4, 0.5) is 0 Å². The molecule has 0 aliphatic carbocycles. The summed E-state index contributed by atoms with van der Waals surface area (Å²) in [6.07, 6.45) is 7.39. The molecule has 4 heteroatoms. The number of halogens is 1. The van der Waals surface area contributed by atoms with Crippen LogP contribution in [0.2, 0.25) is 5.02 Å². The molecule has 0 heterocycles. The molecule has 0 aliphatic heterocycles. The van der Waals surface area contributed by atoms with Gasteiger partial charge in [-0.2, -0.15) is 0 Å². The Labute approximate surface area is 105 Å². The third-order valence-electron chi connectivity index (χ3n) is 2.30. The van der Waals surface area contributed by atoms with E-state index in [0.29, 0.717) is 10.6 Å². The van der Waals surface area contributed by atoms with Gasteiger partial charge in [0.2, 0.25) is 0 Å². The van der Waals surface area contributed by atoms with E-state index in [1.807, 2.05) is 18.4 Å². The van der Waals surface area contributed by atoms with Crippen molar-refractivity contribution in [1.29, 1.82) is 0 Å². The highest BCUT2D eigenvalue weighted by atomic mass is 35.5. The second kappa shape index (κ2) is 5.60. The molecule has 0 N–H and O–H groups in total. The Morgan fingerprint density at radius 2 is 2.00 bits per heavy atom. The van der Waals surface area contributed by atoms with Gasteiger partial charge in [0, 0.05) is 24.7 Å². The summed E-state index contributed by atoms with van der Waals surface area (Å²) in [5.74, 6) is 1.32. The van der Waals surface area contributed by atoms with Gasteiger partial charge < -0.3 is 9.47 Å². The van der Waals surface area contributed by atoms with Crippen LogP contribution in [0, 0.1) is 12.3 Å². The van der Waals surface area contributed by atoms with Crippen LogP contribution in [0.1, 0.15) is 5.56 Å². The summed E-state index contributed by atoms with van der Waals surface area (Å²) in [5, 5.41) is 0.638. The topological polar surface area (TPSA) is 18.5 Å².